The largest absolute Gasteiger partial charge is 0.497 e. The Morgan fingerprint density at radius 1 is 1.04 bits per heavy atom. The molecule has 1 heterocycles. The van der Waals surface area contributed by atoms with Crippen molar-refractivity contribution in [3.63, 3.8) is 0 Å². The van der Waals surface area contributed by atoms with Gasteiger partial charge in [-0.3, -0.25) is 0 Å². The summed E-state index contributed by atoms with van der Waals surface area (Å²) in [5.41, 5.74) is 0. The Kier molecular flexibility index (Phi) is 6.95. The fraction of sp³-hybridized carbons (Fsp3) is 0.700. The van der Waals surface area contributed by atoms with Gasteiger partial charge in [0.25, 0.3) is 0 Å². The van der Waals surface area contributed by atoms with Crippen LogP contribution in [0.3, 0.4) is 0 Å². The van der Waals surface area contributed by atoms with E-state index in [0.29, 0.717) is 29.1 Å². The molecule has 26 heavy (non-hydrogen) atoms. The van der Waals surface area contributed by atoms with Crippen LogP contribution < -0.4 is 9.46 Å². The van der Waals surface area contributed by atoms with Crippen LogP contribution in [0, 0.1) is 5.92 Å². The number of piperidine rings is 1. The standard InChI is InChI=1S/C20H32N2O3S/c1-25-19-10-12-20(13-11-19)26(23,24)21-15-17-7-6-14-22(16-17)18-8-4-2-3-5-9-18/h10-13,17-18,21H,2-9,14-16H2,1H3. The maximum atomic E-state index is 12.5. The van der Waals surface area contributed by atoms with E-state index in [4.69, 9.17) is 4.74 Å². The molecule has 1 saturated heterocycles. The van der Waals surface area contributed by atoms with Crippen LogP contribution in [0.5, 0.6) is 5.75 Å². The molecule has 0 spiro atoms. The summed E-state index contributed by atoms with van der Waals surface area (Å²) in [5.74, 6) is 1.07. The molecule has 146 valence electrons. The first-order valence-electron chi connectivity index (χ1n) is 9.96. The van der Waals surface area contributed by atoms with Crippen LogP contribution in [0.2, 0.25) is 0 Å². The Balaban J connectivity index is 1.54. The molecule has 3 rings (SSSR count). The minimum Gasteiger partial charge on any atom is -0.497 e. The Morgan fingerprint density at radius 3 is 2.38 bits per heavy atom. The number of ether oxygens (including phenoxy) is 1. The van der Waals surface area contributed by atoms with Crippen LogP contribution in [0.25, 0.3) is 0 Å². The number of nitrogens with zero attached hydrogens (tertiary/aromatic N) is 1. The molecule has 1 aromatic rings. The van der Waals surface area contributed by atoms with Gasteiger partial charge >= 0.3 is 0 Å². The highest BCUT2D eigenvalue weighted by Gasteiger charge is 2.27. The van der Waals surface area contributed by atoms with E-state index >= 15 is 0 Å². The summed E-state index contributed by atoms with van der Waals surface area (Å²) < 4.78 is 33.0. The van der Waals surface area contributed by atoms with Gasteiger partial charge in [-0.15, -0.1) is 0 Å². The Labute approximate surface area is 158 Å². The van der Waals surface area contributed by atoms with Gasteiger partial charge in [-0.25, -0.2) is 13.1 Å². The van der Waals surface area contributed by atoms with Gasteiger partial charge in [0, 0.05) is 19.1 Å². The number of benzene rings is 1. The van der Waals surface area contributed by atoms with Gasteiger partial charge in [0.2, 0.25) is 10.0 Å². The highest BCUT2D eigenvalue weighted by atomic mass is 32.2. The van der Waals surface area contributed by atoms with Crippen molar-refractivity contribution < 1.29 is 13.2 Å². The molecule has 6 heteroatoms. The molecule has 0 radical (unpaired) electrons. The van der Waals surface area contributed by atoms with Crippen molar-refractivity contribution in [2.75, 3.05) is 26.7 Å². The lowest BCUT2D eigenvalue weighted by molar-refractivity contribution is 0.114. The van der Waals surface area contributed by atoms with Crippen LogP contribution in [0.15, 0.2) is 29.2 Å². The van der Waals surface area contributed by atoms with Gasteiger partial charge in [-0.1, -0.05) is 25.7 Å². The summed E-state index contributed by atoms with van der Waals surface area (Å²) in [6.45, 7) is 2.72. The molecule has 1 atom stereocenters. The highest BCUT2D eigenvalue weighted by molar-refractivity contribution is 7.89. The Morgan fingerprint density at radius 2 is 1.73 bits per heavy atom. The van der Waals surface area contributed by atoms with Gasteiger partial charge in [-0.2, -0.15) is 0 Å². The van der Waals surface area contributed by atoms with Crippen molar-refractivity contribution in [3.8, 4) is 5.75 Å². The third-order valence-electron chi connectivity index (χ3n) is 5.82. The Hall–Kier alpha value is -1.11. The molecule has 1 N–H and O–H groups in total. The molecule has 0 aromatic heterocycles. The van der Waals surface area contributed by atoms with Crippen LogP contribution in [0.4, 0.5) is 0 Å². The quantitative estimate of drug-likeness (QED) is 0.769. The smallest absolute Gasteiger partial charge is 0.240 e. The number of rotatable bonds is 6. The van der Waals surface area contributed by atoms with Crippen LogP contribution >= 0.6 is 0 Å². The van der Waals surface area contributed by atoms with Crippen molar-refractivity contribution in [2.24, 2.45) is 5.92 Å². The van der Waals surface area contributed by atoms with E-state index in [9.17, 15) is 8.42 Å². The molecule has 1 aromatic carbocycles. The van der Waals surface area contributed by atoms with E-state index in [1.54, 1.807) is 31.4 Å². The van der Waals surface area contributed by atoms with E-state index in [2.05, 4.69) is 9.62 Å². The second-order valence-electron chi connectivity index (χ2n) is 7.68. The van der Waals surface area contributed by atoms with E-state index in [0.717, 1.165) is 13.0 Å². The molecule has 0 amide bonds. The maximum Gasteiger partial charge on any atom is 0.240 e. The number of hydrogen-bond donors (Lipinski definition) is 1. The molecule has 1 saturated carbocycles. The second-order valence-corrected chi connectivity index (χ2v) is 9.44. The zero-order valence-electron chi connectivity index (χ0n) is 15.8. The van der Waals surface area contributed by atoms with Crippen LogP contribution in [0.1, 0.15) is 51.4 Å². The van der Waals surface area contributed by atoms with Crippen molar-refractivity contribution in [1.82, 2.24) is 9.62 Å². The summed E-state index contributed by atoms with van der Waals surface area (Å²) in [4.78, 5) is 2.93. The third-order valence-corrected chi connectivity index (χ3v) is 7.26. The van der Waals surface area contributed by atoms with Gasteiger partial charge in [0.05, 0.1) is 12.0 Å². The highest BCUT2D eigenvalue weighted by Crippen LogP contribution is 2.26. The first kappa shape index (κ1) is 19.6. The lowest BCUT2D eigenvalue weighted by Crippen LogP contribution is -2.45. The van der Waals surface area contributed by atoms with Crippen LogP contribution in [-0.2, 0) is 10.0 Å². The molecular formula is C20H32N2O3S. The number of likely N-dealkylation sites (tertiary alicyclic amines) is 1. The first-order valence-corrected chi connectivity index (χ1v) is 11.4. The summed E-state index contributed by atoms with van der Waals surface area (Å²) in [7, 11) is -1.88. The molecule has 2 fully saturated rings. The van der Waals surface area contributed by atoms with Crippen molar-refractivity contribution >= 4 is 10.0 Å². The van der Waals surface area contributed by atoms with Crippen molar-refractivity contribution in [3.05, 3.63) is 24.3 Å². The van der Waals surface area contributed by atoms with Gasteiger partial charge in [-0.05, 0) is 62.4 Å². The predicted octanol–water partition coefficient (Wildman–Crippen LogP) is 3.41. The average molecular weight is 381 g/mol. The van der Waals surface area contributed by atoms with Gasteiger partial charge in [0.15, 0.2) is 0 Å². The molecule has 0 bridgehead atoms. The normalized spacial score (nSPS) is 23.5. The monoisotopic (exact) mass is 380 g/mol. The lowest BCUT2D eigenvalue weighted by Gasteiger charge is -2.38. The number of hydrogen-bond acceptors (Lipinski definition) is 4. The molecule has 2 aliphatic rings. The molecule has 1 aliphatic carbocycles. The van der Waals surface area contributed by atoms with E-state index in [1.165, 1.54) is 51.5 Å². The van der Waals surface area contributed by atoms with E-state index < -0.39 is 10.0 Å². The van der Waals surface area contributed by atoms with Gasteiger partial charge < -0.3 is 9.64 Å². The van der Waals surface area contributed by atoms with Crippen molar-refractivity contribution in [2.45, 2.75) is 62.3 Å². The minimum atomic E-state index is -3.46. The predicted molar refractivity (Wildman–Crippen MR) is 104 cm³/mol. The zero-order valence-corrected chi connectivity index (χ0v) is 16.6. The summed E-state index contributed by atoms with van der Waals surface area (Å²) >= 11 is 0. The fourth-order valence-electron chi connectivity index (χ4n) is 4.28. The maximum absolute atomic E-state index is 12.5. The second kappa shape index (κ2) is 9.20. The fourth-order valence-corrected chi connectivity index (χ4v) is 5.40. The van der Waals surface area contributed by atoms with Crippen molar-refractivity contribution in [1.29, 1.82) is 0 Å². The van der Waals surface area contributed by atoms with Crippen LogP contribution in [-0.4, -0.2) is 46.1 Å². The molecule has 1 unspecified atom stereocenters. The third kappa shape index (κ3) is 5.21. The first-order chi connectivity index (χ1) is 12.6. The molecule has 5 nitrogen and oxygen atoms in total. The topological polar surface area (TPSA) is 58.6 Å². The average Bonchev–Trinajstić information content (AvgIpc) is 2.96. The molecule has 1 aliphatic heterocycles. The number of sulfonamides is 1. The lowest BCUT2D eigenvalue weighted by atomic mass is 9.95. The summed E-state index contributed by atoms with van der Waals surface area (Å²) in [6.07, 6.45) is 10.3. The summed E-state index contributed by atoms with van der Waals surface area (Å²) in [6, 6.07) is 7.27. The van der Waals surface area contributed by atoms with E-state index in [1.807, 2.05) is 0 Å². The zero-order chi connectivity index (χ0) is 18.4. The molecular weight excluding hydrogens is 348 g/mol. The number of methoxy groups -OCH3 is 1. The van der Waals surface area contributed by atoms with E-state index in [-0.39, 0.29) is 0 Å². The Bertz CT molecular complexity index is 652. The van der Waals surface area contributed by atoms with Gasteiger partial charge in [0.1, 0.15) is 5.75 Å². The summed E-state index contributed by atoms with van der Waals surface area (Å²) in [5, 5.41) is 0. The number of nitrogens with one attached hydrogen (secondary N) is 1. The minimum absolute atomic E-state index is 0.301. The SMILES string of the molecule is COc1ccc(S(=O)(=O)NCC2CCCN(C3CCCCCC3)C2)cc1.